The first kappa shape index (κ1) is 16.5. The Morgan fingerprint density at radius 3 is 2.42 bits per heavy atom. The van der Waals surface area contributed by atoms with Crippen LogP contribution in [0.2, 0.25) is 0 Å². The number of aryl methyl sites for hydroxylation is 1. The number of benzene rings is 1. The molecule has 0 saturated heterocycles. The smallest absolute Gasteiger partial charge is 0.347 e. The van der Waals surface area contributed by atoms with Crippen LogP contribution in [-0.4, -0.2) is 0 Å². The topological polar surface area (TPSA) is 60.4 Å². The molecule has 0 bridgehead atoms. The third-order valence-electron chi connectivity index (χ3n) is 4.37. The molecule has 126 valence electrons. The van der Waals surface area contributed by atoms with E-state index in [0.717, 1.165) is 12.8 Å². The lowest BCUT2D eigenvalue weighted by atomic mass is 10.1. The van der Waals surface area contributed by atoms with E-state index in [1.165, 1.54) is 25.7 Å². The van der Waals surface area contributed by atoms with E-state index in [1.54, 1.807) is 24.3 Å². The Morgan fingerprint density at radius 1 is 0.833 bits per heavy atom. The summed E-state index contributed by atoms with van der Waals surface area (Å²) < 4.78 is 10.8. The Balaban J connectivity index is 1.87. The van der Waals surface area contributed by atoms with Gasteiger partial charge in [-0.2, -0.15) is 0 Å². The maximum absolute atomic E-state index is 12.3. The second-order valence-corrected chi connectivity index (χ2v) is 6.21. The SMILES string of the molecule is CCCCCCCCc1cc2c(=O)oc3ccccc3c2oc1=O. The van der Waals surface area contributed by atoms with Gasteiger partial charge >= 0.3 is 11.3 Å². The van der Waals surface area contributed by atoms with Crippen molar-refractivity contribution in [3.8, 4) is 0 Å². The number of unbranched alkanes of at least 4 members (excludes halogenated alkanes) is 5. The summed E-state index contributed by atoms with van der Waals surface area (Å²) in [6, 6.07) is 8.73. The first-order valence-electron chi connectivity index (χ1n) is 8.69. The molecule has 2 heterocycles. The first-order valence-corrected chi connectivity index (χ1v) is 8.69. The van der Waals surface area contributed by atoms with Crippen LogP contribution in [0.5, 0.6) is 0 Å². The van der Waals surface area contributed by atoms with Gasteiger partial charge in [0.15, 0.2) is 5.58 Å². The minimum absolute atomic E-state index is 0.318. The zero-order valence-corrected chi connectivity index (χ0v) is 14.0. The molecular formula is C20H22O4. The van der Waals surface area contributed by atoms with Crippen LogP contribution in [0.15, 0.2) is 48.8 Å². The van der Waals surface area contributed by atoms with Crippen molar-refractivity contribution in [2.75, 3.05) is 0 Å². The van der Waals surface area contributed by atoms with E-state index in [9.17, 15) is 9.59 Å². The van der Waals surface area contributed by atoms with Crippen LogP contribution in [0, 0.1) is 0 Å². The van der Waals surface area contributed by atoms with Crippen LogP contribution in [0.25, 0.3) is 21.9 Å². The Bertz CT molecular complexity index is 949. The summed E-state index contributed by atoms with van der Waals surface area (Å²) >= 11 is 0. The number of fused-ring (bicyclic) bond motifs is 3. The number of para-hydroxylation sites is 1. The second kappa shape index (κ2) is 7.47. The van der Waals surface area contributed by atoms with Gasteiger partial charge in [-0.25, -0.2) is 9.59 Å². The van der Waals surface area contributed by atoms with Crippen molar-refractivity contribution < 1.29 is 8.83 Å². The lowest BCUT2D eigenvalue weighted by molar-refractivity contribution is 0.531. The fourth-order valence-electron chi connectivity index (χ4n) is 3.03. The summed E-state index contributed by atoms with van der Waals surface area (Å²) in [4.78, 5) is 24.4. The zero-order chi connectivity index (χ0) is 16.9. The first-order chi connectivity index (χ1) is 11.7. The van der Waals surface area contributed by atoms with Gasteiger partial charge in [0.25, 0.3) is 0 Å². The van der Waals surface area contributed by atoms with Crippen molar-refractivity contribution in [3.05, 3.63) is 56.7 Å². The largest absolute Gasteiger partial charge is 0.422 e. The summed E-state index contributed by atoms with van der Waals surface area (Å²) in [5, 5.41) is 0.990. The van der Waals surface area contributed by atoms with E-state index in [4.69, 9.17) is 8.83 Å². The highest BCUT2D eigenvalue weighted by molar-refractivity contribution is 6.00. The van der Waals surface area contributed by atoms with Crippen LogP contribution < -0.4 is 11.3 Å². The summed E-state index contributed by atoms with van der Waals surface area (Å²) in [5.41, 5.74) is 0.490. The molecule has 3 aromatic rings. The van der Waals surface area contributed by atoms with Gasteiger partial charge in [0.1, 0.15) is 11.0 Å². The van der Waals surface area contributed by atoms with Crippen molar-refractivity contribution >= 4 is 21.9 Å². The van der Waals surface area contributed by atoms with E-state index in [0.29, 0.717) is 33.9 Å². The molecule has 4 heteroatoms. The highest BCUT2D eigenvalue weighted by Gasteiger charge is 2.13. The third kappa shape index (κ3) is 3.42. The minimum atomic E-state index is -0.461. The van der Waals surface area contributed by atoms with E-state index >= 15 is 0 Å². The number of hydrogen-bond donors (Lipinski definition) is 0. The zero-order valence-electron chi connectivity index (χ0n) is 14.0. The van der Waals surface area contributed by atoms with Gasteiger partial charge in [-0.15, -0.1) is 0 Å². The van der Waals surface area contributed by atoms with E-state index in [2.05, 4.69) is 6.92 Å². The van der Waals surface area contributed by atoms with Crippen molar-refractivity contribution in [2.24, 2.45) is 0 Å². The summed E-state index contributed by atoms with van der Waals surface area (Å²) in [7, 11) is 0. The van der Waals surface area contributed by atoms with Gasteiger partial charge in [-0.1, -0.05) is 51.2 Å². The number of hydrogen-bond acceptors (Lipinski definition) is 4. The molecule has 1 aromatic carbocycles. The second-order valence-electron chi connectivity index (χ2n) is 6.21. The van der Waals surface area contributed by atoms with E-state index in [1.807, 2.05) is 6.07 Å². The van der Waals surface area contributed by atoms with Crippen LogP contribution in [0.4, 0.5) is 0 Å². The van der Waals surface area contributed by atoms with Gasteiger partial charge in [-0.05, 0) is 31.0 Å². The molecule has 0 amide bonds. The molecular weight excluding hydrogens is 304 g/mol. The molecule has 3 rings (SSSR count). The summed E-state index contributed by atoms with van der Waals surface area (Å²) in [6.07, 6.45) is 7.54. The normalized spacial score (nSPS) is 11.4. The predicted octanol–water partition coefficient (Wildman–Crippen LogP) is 4.80. The molecule has 24 heavy (non-hydrogen) atoms. The van der Waals surface area contributed by atoms with Crippen LogP contribution in [0.1, 0.15) is 51.0 Å². The lowest BCUT2D eigenvalue weighted by Crippen LogP contribution is -2.10. The molecule has 0 aliphatic rings. The quantitative estimate of drug-likeness (QED) is 0.355. The number of rotatable bonds is 7. The van der Waals surface area contributed by atoms with Gasteiger partial charge in [-0.3, -0.25) is 0 Å². The Labute approximate surface area is 140 Å². The Hall–Kier alpha value is -2.36. The van der Waals surface area contributed by atoms with E-state index in [-0.39, 0.29) is 5.63 Å². The molecule has 0 radical (unpaired) electrons. The van der Waals surface area contributed by atoms with Gasteiger partial charge in [0, 0.05) is 5.56 Å². The van der Waals surface area contributed by atoms with Crippen LogP contribution in [0.3, 0.4) is 0 Å². The monoisotopic (exact) mass is 326 g/mol. The highest BCUT2D eigenvalue weighted by atomic mass is 16.4. The van der Waals surface area contributed by atoms with Crippen LogP contribution in [-0.2, 0) is 6.42 Å². The highest BCUT2D eigenvalue weighted by Crippen LogP contribution is 2.22. The molecule has 4 nitrogen and oxygen atoms in total. The van der Waals surface area contributed by atoms with Crippen LogP contribution >= 0.6 is 0 Å². The lowest BCUT2D eigenvalue weighted by Gasteiger charge is -2.04. The summed E-state index contributed by atoms with van der Waals surface area (Å²) in [5.74, 6) is 0. The van der Waals surface area contributed by atoms with Gasteiger partial charge < -0.3 is 8.83 Å². The fourth-order valence-corrected chi connectivity index (χ4v) is 3.03. The molecule has 0 saturated carbocycles. The van der Waals surface area contributed by atoms with Crippen molar-refractivity contribution in [3.63, 3.8) is 0 Å². The standard InChI is InChI=1S/C20H22O4/c1-2-3-4-5-6-7-10-14-13-16-18(24-19(14)21)15-11-8-9-12-17(15)23-20(16)22/h8-9,11-13H,2-7,10H2,1H3. The summed E-state index contributed by atoms with van der Waals surface area (Å²) in [6.45, 7) is 2.19. The molecule has 0 N–H and O–H groups in total. The van der Waals surface area contributed by atoms with E-state index < -0.39 is 5.63 Å². The molecule has 0 unspecified atom stereocenters. The maximum Gasteiger partial charge on any atom is 0.347 e. The molecule has 0 aliphatic carbocycles. The molecule has 0 aliphatic heterocycles. The average molecular weight is 326 g/mol. The Kier molecular flexibility index (Phi) is 5.14. The van der Waals surface area contributed by atoms with Crippen molar-refractivity contribution in [2.45, 2.75) is 51.9 Å². The maximum atomic E-state index is 12.3. The molecule has 2 aromatic heterocycles. The molecule has 0 atom stereocenters. The minimum Gasteiger partial charge on any atom is -0.422 e. The molecule has 0 fully saturated rings. The Morgan fingerprint density at radius 2 is 1.58 bits per heavy atom. The fraction of sp³-hybridized carbons (Fsp3) is 0.400. The van der Waals surface area contributed by atoms with Crippen molar-refractivity contribution in [1.82, 2.24) is 0 Å². The van der Waals surface area contributed by atoms with Gasteiger partial charge in [0.05, 0.1) is 5.39 Å². The third-order valence-corrected chi connectivity index (χ3v) is 4.37. The molecule has 0 spiro atoms. The average Bonchev–Trinajstić information content (AvgIpc) is 2.59. The van der Waals surface area contributed by atoms with Crippen molar-refractivity contribution in [1.29, 1.82) is 0 Å². The van der Waals surface area contributed by atoms with Gasteiger partial charge in [0.2, 0.25) is 0 Å². The predicted molar refractivity (Wildman–Crippen MR) is 95.6 cm³/mol.